The molecule has 0 radical (unpaired) electrons. The maximum absolute atomic E-state index is 13.5. The van der Waals surface area contributed by atoms with Crippen molar-refractivity contribution in [2.45, 2.75) is 12.8 Å². The summed E-state index contributed by atoms with van der Waals surface area (Å²) < 4.78 is 64.6. The van der Waals surface area contributed by atoms with Crippen LogP contribution in [-0.4, -0.2) is 29.8 Å². The summed E-state index contributed by atoms with van der Waals surface area (Å²) in [6.45, 7) is 0.423. The first kappa shape index (κ1) is 28.5. The van der Waals surface area contributed by atoms with Gasteiger partial charge in [0.15, 0.2) is 28.8 Å². The van der Waals surface area contributed by atoms with E-state index in [9.17, 15) is 18.0 Å². The van der Waals surface area contributed by atoms with Crippen molar-refractivity contribution < 1.29 is 32.1 Å². The fraction of sp³-hybridized carbons (Fsp3) is 0.129. The van der Waals surface area contributed by atoms with Crippen LogP contribution in [0.15, 0.2) is 88.8 Å². The number of nitrogens with zero attached hydrogens (tertiary/aromatic N) is 3. The minimum atomic E-state index is -4.57. The SMILES string of the molecule is COc1cc(C=Nn2c(-c3cccc(C(F)(F)F)c3)nc3ccccc3c2=O)cc(I)c1OCc1ccc2c(c1)OCO2. The lowest BCUT2D eigenvalue weighted by Crippen LogP contribution is -2.20. The van der Waals surface area contributed by atoms with Gasteiger partial charge in [-0.3, -0.25) is 4.79 Å². The van der Waals surface area contributed by atoms with Gasteiger partial charge in [0.2, 0.25) is 6.79 Å². The Morgan fingerprint density at radius 2 is 1.84 bits per heavy atom. The van der Waals surface area contributed by atoms with Crippen LogP contribution in [0.4, 0.5) is 13.2 Å². The monoisotopic (exact) mass is 699 g/mol. The fourth-order valence-corrected chi connectivity index (χ4v) is 5.30. The van der Waals surface area contributed by atoms with E-state index >= 15 is 0 Å². The minimum Gasteiger partial charge on any atom is -0.493 e. The second-order valence-electron chi connectivity index (χ2n) is 9.40. The van der Waals surface area contributed by atoms with Crippen molar-refractivity contribution in [3.8, 4) is 34.4 Å². The molecule has 0 amide bonds. The van der Waals surface area contributed by atoms with Crippen molar-refractivity contribution in [2.24, 2.45) is 5.10 Å². The van der Waals surface area contributed by atoms with Crippen molar-refractivity contribution in [1.29, 1.82) is 0 Å². The minimum absolute atomic E-state index is 0.0311. The molecule has 1 aromatic heterocycles. The number of alkyl halides is 3. The zero-order valence-electron chi connectivity index (χ0n) is 22.4. The maximum atomic E-state index is 13.5. The van der Waals surface area contributed by atoms with Gasteiger partial charge in [-0.2, -0.15) is 22.9 Å². The lowest BCUT2D eigenvalue weighted by molar-refractivity contribution is -0.137. The number of benzene rings is 4. The number of fused-ring (bicyclic) bond motifs is 2. The lowest BCUT2D eigenvalue weighted by Gasteiger charge is -2.14. The van der Waals surface area contributed by atoms with Crippen LogP contribution in [0.3, 0.4) is 0 Å². The first-order valence-corrected chi connectivity index (χ1v) is 13.9. The van der Waals surface area contributed by atoms with Crippen molar-refractivity contribution in [2.75, 3.05) is 13.9 Å². The Labute approximate surface area is 256 Å². The summed E-state index contributed by atoms with van der Waals surface area (Å²) in [7, 11) is 1.50. The van der Waals surface area contributed by atoms with Gasteiger partial charge in [-0.15, -0.1) is 0 Å². The van der Waals surface area contributed by atoms with E-state index in [4.69, 9.17) is 18.9 Å². The van der Waals surface area contributed by atoms with E-state index in [-0.39, 0.29) is 30.2 Å². The molecule has 5 aromatic rings. The normalized spacial score (nSPS) is 12.7. The third-order valence-corrected chi connectivity index (χ3v) is 7.40. The zero-order chi connectivity index (χ0) is 30.1. The molecule has 2 heterocycles. The highest BCUT2D eigenvalue weighted by molar-refractivity contribution is 14.1. The fourth-order valence-electron chi connectivity index (χ4n) is 4.52. The third-order valence-electron chi connectivity index (χ3n) is 6.60. The van der Waals surface area contributed by atoms with Gasteiger partial charge in [0, 0.05) is 5.56 Å². The van der Waals surface area contributed by atoms with E-state index in [0.717, 1.165) is 22.4 Å². The number of ether oxygens (including phenoxy) is 4. The summed E-state index contributed by atoms with van der Waals surface area (Å²) in [6, 6.07) is 20.2. The molecular formula is C31H21F3IN3O5. The summed E-state index contributed by atoms with van der Waals surface area (Å²) >= 11 is 2.11. The van der Waals surface area contributed by atoms with Crippen molar-refractivity contribution >= 4 is 39.7 Å². The van der Waals surface area contributed by atoms with Gasteiger partial charge >= 0.3 is 6.18 Å². The van der Waals surface area contributed by atoms with Gasteiger partial charge < -0.3 is 18.9 Å². The molecule has 0 unspecified atom stereocenters. The summed E-state index contributed by atoms with van der Waals surface area (Å²) in [5, 5.41) is 4.65. The Morgan fingerprint density at radius 1 is 1.02 bits per heavy atom. The average molecular weight is 699 g/mol. The number of hydrogen-bond donors (Lipinski definition) is 0. The average Bonchev–Trinajstić information content (AvgIpc) is 3.47. The maximum Gasteiger partial charge on any atom is 0.416 e. The molecule has 0 fully saturated rings. The van der Waals surface area contributed by atoms with Gasteiger partial charge in [-0.25, -0.2) is 4.98 Å². The predicted octanol–water partition coefficient (Wildman–Crippen LogP) is 6.89. The molecule has 12 heteroatoms. The molecule has 0 saturated heterocycles. The van der Waals surface area contributed by atoms with E-state index in [2.05, 4.69) is 32.7 Å². The van der Waals surface area contributed by atoms with E-state index in [1.807, 2.05) is 18.2 Å². The van der Waals surface area contributed by atoms with Gasteiger partial charge in [0.05, 0.1) is 33.4 Å². The molecule has 0 N–H and O–H groups in total. The first-order valence-electron chi connectivity index (χ1n) is 12.8. The van der Waals surface area contributed by atoms with Crippen LogP contribution in [0.5, 0.6) is 23.0 Å². The van der Waals surface area contributed by atoms with Crippen LogP contribution in [0.25, 0.3) is 22.3 Å². The highest BCUT2D eigenvalue weighted by Gasteiger charge is 2.31. The molecule has 43 heavy (non-hydrogen) atoms. The van der Waals surface area contributed by atoms with Crippen LogP contribution >= 0.6 is 22.6 Å². The van der Waals surface area contributed by atoms with E-state index in [1.165, 1.54) is 25.5 Å². The highest BCUT2D eigenvalue weighted by atomic mass is 127. The predicted molar refractivity (Wildman–Crippen MR) is 162 cm³/mol. The molecule has 0 bridgehead atoms. The van der Waals surface area contributed by atoms with Gasteiger partial charge in [0.25, 0.3) is 5.56 Å². The number of rotatable bonds is 7. The summed E-state index contributed by atoms with van der Waals surface area (Å²) in [5.74, 6) is 2.23. The summed E-state index contributed by atoms with van der Waals surface area (Å²) in [4.78, 5) is 18.0. The zero-order valence-corrected chi connectivity index (χ0v) is 24.5. The van der Waals surface area contributed by atoms with E-state index < -0.39 is 17.3 Å². The molecule has 0 atom stereocenters. The van der Waals surface area contributed by atoms with E-state index in [0.29, 0.717) is 37.6 Å². The Kier molecular flexibility index (Phi) is 7.69. The molecule has 8 nitrogen and oxygen atoms in total. The van der Waals surface area contributed by atoms with Gasteiger partial charge in [0.1, 0.15) is 6.61 Å². The smallest absolute Gasteiger partial charge is 0.416 e. The summed E-state index contributed by atoms with van der Waals surface area (Å²) in [6.07, 6.45) is -3.15. The van der Waals surface area contributed by atoms with Crippen LogP contribution in [0.2, 0.25) is 0 Å². The molecular weight excluding hydrogens is 678 g/mol. The second-order valence-corrected chi connectivity index (χ2v) is 10.6. The lowest BCUT2D eigenvalue weighted by atomic mass is 10.1. The second kappa shape index (κ2) is 11.6. The quantitative estimate of drug-likeness (QED) is 0.136. The first-order chi connectivity index (χ1) is 20.7. The van der Waals surface area contributed by atoms with Crippen molar-refractivity contribution in [3.63, 3.8) is 0 Å². The molecule has 0 saturated carbocycles. The van der Waals surface area contributed by atoms with Crippen LogP contribution < -0.4 is 24.5 Å². The highest BCUT2D eigenvalue weighted by Crippen LogP contribution is 2.36. The largest absolute Gasteiger partial charge is 0.493 e. The molecule has 1 aliphatic rings. The van der Waals surface area contributed by atoms with Crippen LogP contribution in [-0.2, 0) is 12.8 Å². The molecule has 1 aliphatic heterocycles. The Morgan fingerprint density at radius 3 is 2.65 bits per heavy atom. The molecule has 218 valence electrons. The van der Waals surface area contributed by atoms with Crippen LogP contribution in [0, 0.1) is 3.57 Å². The molecule has 0 aliphatic carbocycles. The number of aromatic nitrogens is 2. The number of para-hydroxylation sites is 1. The standard InChI is InChI=1S/C31H21F3IN3O5/c1-40-27-13-19(11-23(35)28(27)41-16-18-9-10-25-26(12-18)43-17-42-25)15-36-38-29(20-5-4-6-21(14-20)31(32,33)34)37-24-8-3-2-7-22(24)30(38)39/h2-15H,16-17H2,1H3. The molecule has 4 aromatic carbocycles. The van der Waals surface area contributed by atoms with Crippen LogP contribution in [0.1, 0.15) is 16.7 Å². The van der Waals surface area contributed by atoms with Crippen molar-refractivity contribution in [1.82, 2.24) is 9.66 Å². The number of methoxy groups -OCH3 is 1. The Bertz CT molecular complexity index is 1940. The molecule has 0 spiro atoms. The topological polar surface area (TPSA) is 84.2 Å². The van der Waals surface area contributed by atoms with Crippen molar-refractivity contribution in [3.05, 3.63) is 109 Å². The number of hydrogen-bond acceptors (Lipinski definition) is 7. The van der Waals surface area contributed by atoms with Gasteiger partial charge in [-0.1, -0.05) is 30.3 Å². The Balaban J connectivity index is 1.35. The summed E-state index contributed by atoms with van der Waals surface area (Å²) in [5.41, 5.74) is 0.476. The Hall–Kier alpha value is -4.59. The number of halogens is 4. The third kappa shape index (κ3) is 5.87. The molecule has 6 rings (SSSR count). The van der Waals surface area contributed by atoms with E-state index in [1.54, 1.807) is 36.4 Å². The van der Waals surface area contributed by atoms with Gasteiger partial charge in [-0.05, 0) is 82.2 Å².